The van der Waals surface area contributed by atoms with Gasteiger partial charge < -0.3 is 16.4 Å². The molecule has 82 valence electrons. The maximum Gasteiger partial charge on any atom is 0.277 e. The molecule has 1 aromatic heterocycles. The van der Waals surface area contributed by atoms with E-state index >= 15 is 0 Å². The highest BCUT2D eigenvalue weighted by atomic mass is 16.1. The van der Waals surface area contributed by atoms with Gasteiger partial charge in [-0.15, -0.1) is 0 Å². The average molecular weight is 209 g/mol. The van der Waals surface area contributed by atoms with Crippen molar-refractivity contribution in [3.8, 4) is 0 Å². The fourth-order valence-electron chi connectivity index (χ4n) is 1.75. The van der Waals surface area contributed by atoms with E-state index in [9.17, 15) is 4.79 Å². The number of hydrogen-bond acceptors (Lipinski definition) is 5. The Morgan fingerprint density at radius 1 is 1.60 bits per heavy atom. The number of anilines is 3. The zero-order valence-corrected chi connectivity index (χ0v) is 8.63. The standard InChI is InChI=1S/C9H15N5O/c1-2-3-5-4-11-7-6(12-5)8(15)14-9(10)13-7/h5,12H,2-4H2,1H3,(H4,10,11,13,14,15). The Labute approximate surface area is 87.3 Å². The van der Waals surface area contributed by atoms with Gasteiger partial charge in [-0.25, -0.2) is 0 Å². The molecule has 0 spiro atoms. The molecule has 0 bridgehead atoms. The quantitative estimate of drug-likeness (QED) is 0.564. The fourth-order valence-corrected chi connectivity index (χ4v) is 1.75. The van der Waals surface area contributed by atoms with Crippen molar-refractivity contribution in [1.29, 1.82) is 0 Å². The van der Waals surface area contributed by atoms with Gasteiger partial charge in [0.25, 0.3) is 5.56 Å². The predicted molar refractivity (Wildman–Crippen MR) is 60.1 cm³/mol. The molecule has 1 atom stereocenters. The van der Waals surface area contributed by atoms with E-state index in [4.69, 9.17) is 5.73 Å². The number of nitrogens with two attached hydrogens (primary N) is 1. The molecule has 5 N–H and O–H groups in total. The van der Waals surface area contributed by atoms with Crippen molar-refractivity contribution in [2.45, 2.75) is 25.8 Å². The van der Waals surface area contributed by atoms with E-state index in [2.05, 4.69) is 27.5 Å². The fraction of sp³-hybridized carbons (Fsp3) is 0.556. The third-order valence-electron chi connectivity index (χ3n) is 2.44. The van der Waals surface area contributed by atoms with Crippen molar-refractivity contribution < 1.29 is 0 Å². The van der Waals surface area contributed by atoms with Gasteiger partial charge in [-0.2, -0.15) is 4.98 Å². The second-order valence-electron chi connectivity index (χ2n) is 3.69. The second kappa shape index (κ2) is 3.80. The third-order valence-corrected chi connectivity index (χ3v) is 2.44. The summed E-state index contributed by atoms with van der Waals surface area (Å²) in [6, 6.07) is 0.286. The number of aromatic amines is 1. The lowest BCUT2D eigenvalue weighted by molar-refractivity contribution is 0.651. The number of hydrogen-bond donors (Lipinski definition) is 4. The van der Waals surface area contributed by atoms with Crippen molar-refractivity contribution in [1.82, 2.24) is 9.97 Å². The summed E-state index contributed by atoms with van der Waals surface area (Å²) < 4.78 is 0. The Morgan fingerprint density at radius 3 is 3.13 bits per heavy atom. The van der Waals surface area contributed by atoms with E-state index in [-0.39, 0.29) is 17.5 Å². The highest BCUT2D eigenvalue weighted by molar-refractivity contribution is 5.67. The van der Waals surface area contributed by atoms with Crippen LogP contribution >= 0.6 is 0 Å². The molecule has 1 aliphatic rings. The minimum atomic E-state index is -0.217. The first kappa shape index (κ1) is 9.82. The summed E-state index contributed by atoms with van der Waals surface area (Å²) in [6.07, 6.45) is 2.10. The first-order valence-corrected chi connectivity index (χ1v) is 5.11. The topological polar surface area (TPSA) is 95.8 Å². The van der Waals surface area contributed by atoms with Crippen molar-refractivity contribution >= 4 is 17.5 Å². The van der Waals surface area contributed by atoms with Crippen molar-refractivity contribution in [3.63, 3.8) is 0 Å². The molecule has 1 aliphatic heterocycles. The van der Waals surface area contributed by atoms with E-state index in [0.29, 0.717) is 11.5 Å². The molecule has 0 saturated heterocycles. The van der Waals surface area contributed by atoms with Gasteiger partial charge >= 0.3 is 0 Å². The highest BCUT2D eigenvalue weighted by Gasteiger charge is 2.20. The summed E-state index contributed by atoms with van der Waals surface area (Å²) in [5, 5.41) is 6.27. The summed E-state index contributed by atoms with van der Waals surface area (Å²) in [4.78, 5) is 18.0. The van der Waals surface area contributed by atoms with Crippen LogP contribution < -0.4 is 21.9 Å². The van der Waals surface area contributed by atoms with Gasteiger partial charge in [0.1, 0.15) is 5.69 Å². The van der Waals surface area contributed by atoms with Crippen LogP contribution in [0.25, 0.3) is 0 Å². The van der Waals surface area contributed by atoms with Gasteiger partial charge in [-0.1, -0.05) is 13.3 Å². The minimum absolute atomic E-state index is 0.141. The molecule has 2 rings (SSSR count). The maximum atomic E-state index is 11.6. The molecule has 0 fully saturated rings. The van der Waals surface area contributed by atoms with E-state index in [1.165, 1.54) is 0 Å². The zero-order chi connectivity index (χ0) is 10.8. The SMILES string of the molecule is CCCC1CNc2nc(N)[nH]c(=O)c2N1. The Bertz CT molecular complexity index is 413. The van der Waals surface area contributed by atoms with E-state index in [0.717, 1.165) is 19.4 Å². The molecular weight excluding hydrogens is 194 g/mol. The first-order valence-electron chi connectivity index (χ1n) is 5.11. The molecule has 0 amide bonds. The van der Waals surface area contributed by atoms with Crippen LogP contribution in [0.1, 0.15) is 19.8 Å². The first-order chi connectivity index (χ1) is 7.20. The number of aromatic nitrogens is 2. The molecule has 15 heavy (non-hydrogen) atoms. The summed E-state index contributed by atoms with van der Waals surface area (Å²) in [5.41, 5.74) is 5.72. The molecule has 2 heterocycles. The Balaban J connectivity index is 2.29. The largest absolute Gasteiger partial charge is 0.373 e. The number of nitrogens with one attached hydrogen (secondary N) is 3. The predicted octanol–water partition coefficient (Wildman–Crippen LogP) is 0.358. The van der Waals surface area contributed by atoms with E-state index < -0.39 is 0 Å². The van der Waals surface area contributed by atoms with E-state index in [1.807, 2.05) is 0 Å². The second-order valence-corrected chi connectivity index (χ2v) is 3.69. The Kier molecular flexibility index (Phi) is 2.49. The van der Waals surface area contributed by atoms with Crippen LogP contribution in [0.4, 0.5) is 17.5 Å². The van der Waals surface area contributed by atoms with Gasteiger partial charge in [0.15, 0.2) is 5.82 Å². The number of H-pyrrole nitrogens is 1. The number of nitrogens with zero attached hydrogens (tertiary/aromatic N) is 1. The van der Waals surface area contributed by atoms with Crippen molar-refractivity contribution in [3.05, 3.63) is 10.4 Å². The lowest BCUT2D eigenvalue weighted by Crippen LogP contribution is -2.37. The highest BCUT2D eigenvalue weighted by Crippen LogP contribution is 2.21. The molecule has 0 saturated carbocycles. The van der Waals surface area contributed by atoms with Crippen LogP contribution in [0.15, 0.2) is 4.79 Å². The molecule has 6 nitrogen and oxygen atoms in total. The lowest BCUT2D eigenvalue weighted by Gasteiger charge is -2.26. The van der Waals surface area contributed by atoms with Crippen LogP contribution in [-0.4, -0.2) is 22.6 Å². The van der Waals surface area contributed by atoms with E-state index in [1.54, 1.807) is 0 Å². The van der Waals surface area contributed by atoms with Crippen LogP contribution in [0.3, 0.4) is 0 Å². The van der Waals surface area contributed by atoms with Crippen molar-refractivity contribution in [2.24, 2.45) is 0 Å². The molecule has 6 heteroatoms. The Morgan fingerprint density at radius 2 is 2.40 bits per heavy atom. The summed E-state index contributed by atoms with van der Waals surface area (Å²) in [7, 11) is 0. The number of rotatable bonds is 2. The van der Waals surface area contributed by atoms with Crippen LogP contribution in [0.5, 0.6) is 0 Å². The van der Waals surface area contributed by atoms with Gasteiger partial charge in [-0.05, 0) is 6.42 Å². The Hall–Kier alpha value is -1.72. The number of nitrogen functional groups attached to an aromatic ring is 1. The molecule has 1 unspecified atom stereocenters. The molecule has 0 aromatic carbocycles. The van der Waals surface area contributed by atoms with Gasteiger partial charge in [-0.3, -0.25) is 9.78 Å². The van der Waals surface area contributed by atoms with Gasteiger partial charge in [0.05, 0.1) is 0 Å². The average Bonchev–Trinajstić information content (AvgIpc) is 2.19. The molecule has 0 radical (unpaired) electrons. The van der Waals surface area contributed by atoms with Crippen molar-refractivity contribution in [2.75, 3.05) is 22.9 Å². The smallest absolute Gasteiger partial charge is 0.277 e. The van der Waals surface area contributed by atoms with Crippen LogP contribution in [0, 0.1) is 0 Å². The van der Waals surface area contributed by atoms with Crippen LogP contribution in [-0.2, 0) is 0 Å². The number of fused-ring (bicyclic) bond motifs is 1. The monoisotopic (exact) mass is 209 g/mol. The molecular formula is C9H15N5O. The van der Waals surface area contributed by atoms with Gasteiger partial charge in [0, 0.05) is 12.6 Å². The third kappa shape index (κ3) is 1.88. The van der Waals surface area contributed by atoms with Gasteiger partial charge in [0.2, 0.25) is 5.95 Å². The maximum absolute atomic E-state index is 11.6. The van der Waals surface area contributed by atoms with Crippen LogP contribution in [0.2, 0.25) is 0 Å². The molecule has 1 aromatic rings. The normalized spacial score (nSPS) is 18.9. The minimum Gasteiger partial charge on any atom is -0.373 e. The summed E-state index contributed by atoms with van der Waals surface area (Å²) >= 11 is 0. The summed E-state index contributed by atoms with van der Waals surface area (Å²) in [6.45, 7) is 2.89. The summed E-state index contributed by atoms with van der Waals surface area (Å²) in [5.74, 6) is 0.686. The lowest BCUT2D eigenvalue weighted by atomic mass is 10.1. The zero-order valence-electron chi connectivity index (χ0n) is 8.63. The molecule has 0 aliphatic carbocycles.